The van der Waals surface area contributed by atoms with Gasteiger partial charge in [-0.3, -0.25) is 4.79 Å². The van der Waals surface area contributed by atoms with Crippen molar-refractivity contribution in [2.45, 2.75) is 71.8 Å². The molecule has 0 spiro atoms. The van der Waals surface area contributed by atoms with Crippen molar-refractivity contribution in [1.82, 2.24) is 4.90 Å². The van der Waals surface area contributed by atoms with E-state index in [9.17, 15) is 9.59 Å². The first-order valence-electron chi connectivity index (χ1n) is 9.70. The Hall–Kier alpha value is -2.04. The molecule has 0 saturated carbocycles. The third-order valence-corrected chi connectivity index (χ3v) is 5.26. The van der Waals surface area contributed by atoms with Gasteiger partial charge >= 0.3 is 6.09 Å². The fourth-order valence-corrected chi connectivity index (χ4v) is 3.47. The van der Waals surface area contributed by atoms with Gasteiger partial charge in [-0.25, -0.2) is 4.79 Å². The SMILES string of the molecule is CC(C)(C)OC(=O)N1CCC(Cc2ccc(C(C)(C)C)cc2)(C(N)=O)CC1. The molecule has 0 aromatic heterocycles. The number of piperidine rings is 1. The van der Waals surface area contributed by atoms with Crippen LogP contribution in [0.1, 0.15) is 65.5 Å². The summed E-state index contributed by atoms with van der Waals surface area (Å²) in [5.74, 6) is -0.286. The van der Waals surface area contributed by atoms with Gasteiger partial charge in [0.25, 0.3) is 0 Å². The molecule has 2 rings (SSSR count). The minimum absolute atomic E-state index is 0.0959. The molecule has 5 heteroatoms. The molecule has 2 amide bonds. The minimum Gasteiger partial charge on any atom is -0.444 e. The summed E-state index contributed by atoms with van der Waals surface area (Å²) in [7, 11) is 0. The number of likely N-dealkylation sites (tertiary alicyclic amines) is 1. The molecule has 1 aromatic carbocycles. The Bertz CT molecular complexity index is 673. The second kappa shape index (κ2) is 7.53. The molecule has 1 saturated heterocycles. The van der Waals surface area contributed by atoms with E-state index in [4.69, 9.17) is 10.5 Å². The van der Waals surface area contributed by atoms with Crippen molar-refractivity contribution in [3.8, 4) is 0 Å². The summed E-state index contributed by atoms with van der Waals surface area (Å²) in [6.07, 6.45) is 1.40. The molecule has 27 heavy (non-hydrogen) atoms. The van der Waals surface area contributed by atoms with E-state index in [1.54, 1.807) is 4.90 Å². The predicted molar refractivity (Wildman–Crippen MR) is 108 cm³/mol. The van der Waals surface area contributed by atoms with E-state index in [1.165, 1.54) is 5.56 Å². The third-order valence-electron chi connectivity index (χ3n) is 5.26. The van der Waals surface area contributed by atoms with Gasteiger partial charge in [0.15, 0.2) is 0 Å². The van der Waals surface area contributed by atoms with Gasteiger partial charge in [0.05, 0.1) is 5.41 Å². The summed E-state index contributed by atoms with van der Waals surface area (Å²) in [6, 6.07) is 8.43. The first kappa shape index (κ1) is 21.3. The maximum Gasteiger partial charge on any atom is 0.410 e. The van der Waals surface area contributed by atoms with Crippen LogP contribution in [-0.4, -0.2) is 35.6 Å². The lowest BCUT2D eigenvalue weighted by Crippen LogP contribution is -2.50. The number of nitrogens with zero attached hydrogens (tertiary/aromatic N) is 1. The van der Waals surface area contributed by atoms with E-state index in [-0.39, 0.29) is 17.4 Å². The van der Waals surface area contributed by atoms with Gasteiger partial charge in [-0.2, -0.15) is 0 Å². The zero-order valence-electron chi connectivity index (χ0n) is 17.6. The first-order valence-corrected chi connectivity index (χ1v) is 9.70. The van der Waals surface area contributed by atoms with Crippen LogP contribution in [0.15, 0.2) is 24.3 Å². The largest absolute Gasteiger partial charge is 0.444 e. The number of hydrogen-bond acceptors (Lipinski definition) is 3. The Kier molecular flexibility index (Phi) is 5.93. The molecule has 1 aliphatic rings. The molecule has 1 fully saturated rings. The number of rotatable bonds is 3. The van der Waals surface area contributed by atoms with Gasteiger partial charge in [0.1, 0.15) is 5.60 Å². The van der Waals surface area contributed by atoms with Crippen molar-refractivity contribution in [1.29, 1.82) is 0 Å². The van der Waals surface area contributed by atoms with E-state index in [0.29, 0.717) is 32.4 Å². The topological polar surface area (TPSA) is 72.6 Å². The number of ether oxygens (including phenoxy) is 1. The summed E-state index contributed by atoms with van der Waals surface area (Å²) in [4.78, 5) is 26.2. The Morgan fingerprint density at radius 3 is 1.96 bits per heavy atom. The van der Waals surface area contributed by atoms with Crippen LogP contribution in [-0.2, 0) is 21.4 Å². The minimum atomic E-state index is -0.609. The van der Waals surface area contributed by atoms with E-state index < -0.39 is 11.0 Å². The molecule has 2 N–H and O–H groups in total. The highest BCUT2D eigenvalue weighted by Crippen LogP contribution is 2.36. The average Bonchev–Trinajstić information content (AvgIpc) is 2.53. The number of benzene rings is 1. The fraction of sp³-hybridized carbons (Fsp3) is 0.636. The molecule has 0 atom stereocenters. The molecule has 0 radical (unpaired) electrons. The van der Waals surface area contributed by atoms with Crippen molar-refractivity contribution in [3.05, 3.63) is 35.4 Å². The maximum absolute atomic E-state index is 12.3. The standard InChI is InChI=1S/C22H34N2O3/c1-20(2,3)17-9-7-16(8-10-17)15-22(18(23)25)11-13-24(14-12-22)19(26)27-21(4,5)6/h7-10H,11-15H2,1-6H3,(H2,23,25). The van der Waals surface area contributed by atoms with E-state index >= 15 is 0 Å². The number of hydrogen-bond donors (Lipinski definition) is 1. The Morgan fingerprint density at radius 2 is 1.56 bits per heavy atom. The van der Waals surface area contributed by atoms with Crippen LogP contribution in [0, 0.1) is 5.41 Å². The highest BCUT2D eigenvalue weighted by molar-refractivity contribution is 5.81. The molecule has 0 unspecified atom stereocenters. The summed E-state index contributed by atoms with van der Waals surface area (Å²) < 4.78 is 5.44. The smallest absolute Gasteiger partial charge is 0.410 e. The highest BCUT2D eigenvalue weighted by atomic mass is 16.6. The lowest BCUT2D eigenvalue weighted by atomic mass is 9.73. The van der Waals surface area contributed by atoms with Crippen molar-refractivity contribution >= 4 is 12.0 Å². The summed E-state index contributed by atoms with van der Waals surface area (Å²) in [5, 5.41) is 0. The molecule has 1 heterocycles. The predicted octanol–water partition coefficient (Wildman–Crippen LogP) is 4.03. The van der Waals surface area contributed by atoms with Gasteiger partial charge in [0, 0.05) is 13.1 Å². The van der Waals surface area contributed by atoms with Crippen LogP contribution in [0.4, 0.5) is 4.79 Å². The lowest BCUT2D eigenvalue weighted by Gasteiger charge is -2.40. The van der Waals surface area contributed by atoms with E-state index in [0.717, 1.165) is 5.56 Å². The molecule has 0 bridgehead atoms. The maximum atomic E-state index is 12.3. The van der Waals surface area contributed by atoms with Crippen LogP contribution in [0.25, 0.3) is 0 Å². The molecule has 1 aliphatic heterocycles. The van der Waals surface area contributed by atoms with Crippen LogP contribution in [0.3, 0.4) is 0 Å². The van der Waals surface area contributed by atoms with Crippen LogP contribution in [0.5, 0.6) is 0 Å². The highest BCUT2D eigenvalue weighted by Gasteiger charge is 2.41. The Morgan fingerprint density at radius 1 is 1.04 bits per heavy atom. The van der Waals surface area contributed by atoms with Crippen molar-refractivity contribution in [2.75, 3.05) is 13.1 Å². The fourth-order valence-electron chi connectivity index (χ4n) is 3.47. The van der Waals surface area contributed by atoms with Crippen LogP contribution in [0.2, 0.25) is 0 Å². The summed E-state index contributed by atoms with van der Waals surface area (Å²) in [6.45, 7) is 13.1. The van der Waals surface area contributed by atoms with Gasteiger partial charge in [0.2, 0.25) is 5.91 Å². The Labute approximate surface area is 163 Å². The van der Waals surface area contributed by atoms with Gasteiger partial charge < -0.3 is 15.4 Å². The third kappa shape index (κ3) is 5.47. The van der Waals surface area contributed by atoms with Crippen molar-refractivity contribution in [2.24, 2.45) is 11.1 Å². The molecular formula is C22H34N2O3. The second-order valence-electron chi connectivity index (χ2n) is 9.74. The number of carbonyl (C=O) groups excluding carboxylic acids is 2. The average molecular weight is 375 g/mol. The first-order chi connectivity index (χ1) is 12.3. The van der Waals surface area contributed by atoms with Crippen molar-refractivity contribution in [3.63, 3.8) is 0 Å². The zero-order valence-corrected chi connectivity index (χ0v) is 17.6. The molecule has 150 valence electrons. The van der Waals surface area contributed by atoms with Crippen LogP contribution < -0.4 is 5.73 Å². The molecule has 1 aromatic rings. The van der Waals surface area contributed by atoms with Crippen molar-refractivity contribution < 1.29 is 14.3 Å². The monoisotopic (exact) mass is 374 g/mol. The van der Waals surface area contributed by atoms with E-state index in [2.05, 4.69) is 45.0 Å². The lowest BCUT2D eigenvalue weighted by molar-refractivity contribution is -0.130. The number of carbonyl (C=O) groups is 2. The Balaban J connectivity index is 2.08. The number of nitrogens with two attached hydrogens (primary N) is 1. The van der Waals surface area contributed by atoms with Gasteiger partial charge in [-0.1, -0.05) is 45.0 Å². The zero-order chi connectivity index (χ0) is 20.5. The molecule has 5 nitrogen and oxygen atoms in total. The normalized spacial score (nSPS) is 17.5. The quantitative estimate of drug-likeness (QED) is 0.868. The summed E-state index contributed by atoms with van der Waals surface area (Å²) >= 11 is 0. The molecular weight excluding hydrogens is 340 g/mol. The number of primary amides is 1. The second-order valence-corrected chi connectivity index (χ2v) is 9.74. The van der Waals surface area contributed by atoms with Crippen LogP contribution >= 0.6 is 0 Å². The van der Waals surface area contributed by atoms with Gasteiger partial charge in [-0.15, -0.1) is 0 Å². The van der Waals surface area contributed by atoms with Gasteiger partial charge in [-0.05, 0) is 56.6 Å². The molecule has 0 aliphatic carbocycles. The number of amides is 2. The van der Waals surface area contributed by atoms with E-state index in [1.807, 2.05) is 20.8 Å². The summed E-state index contributed by atoms with van der Waals surface area (Å²) in [5.41, 5.74) is 7.13.